The molecule has 1 amide bonds. The Hall–Kier alpha value is -4.40. The summed E-state index contributed by atoms with van der Waals surface area (Å²) in [4.78, 5) is 11.9. The molecule has 0 saturated carbocycles. The van der Waals surface area contributed by atoms with Crippen molar-refractivity contribution < 1.29 is 14.3 Å². The Morgan fingerprint density at radius 1 is 1.06 bits per heavy atom. The second kappa shape index (κ2) is 8.62. The van der Waals surface area contributed by atoms with E-state index < -0.39 is 5.91 Å². The fourth-order valence-electron chi connectivity index (χ4n) is 4.16. The van der Waals surface area contributed by atoms with Gasteiger partial charge in [0.1, 0.15) is 11.5 Å². The first-order chi connectivity index (χ1) is 16.1. The summed E-state index contributed by atoms with van der Waals surface area (Å²) in [5.74, 6) is 1.28. The number of ether oxygens (including phenoxy) is 2. The summed E-state index contributed by atoms with van der Waals surface area (Å²) in [7, 11) is 1.62. The zero-order chi connectivity index (χ0) is 22.8. The number of tetrazole rings is 1. The molecule has 5 aromatic rings. The van der Waals surface area contributed by atoms with Crippen molar-refractivity contribution in [1.29, 1.82) is 0 Å². The number of hydrogen-bond acceptors (Lipinski definition) is 6. The van der Waals surface area contributed by atoms with Gasteiger partial charge >= 0.3 is 0 Å². The highest BCUT2D eigenvalue weighted by atomic mass is 16.5. The predicted octanol–water partition coefficient (Wildman–Crippen LogP) is 2.97. The van der Waals surface area contributed by atoms with E-state index in [1.165, 1.54) is 0 Å². The minimum absolute atomic E-state index is 0.123. The van der Waals surface area contributed by atoms with E-state index in [0.717, 1.165) is 32.9 Å². The number of nitrogens with two attached hydrogens (primary N) is 1. The van der Waals surface area contributed by atoms with Crippen molar-refractivity contribution in [2.24, 2.45) is 5.73 Å². The van der Waals surface area contributed by atoms with Gasteiger partial charge in [0.25, 0.3) is 0 Å². The van der Waals surface area contributed by atoms with Gasteiger partial charge in [0.05, 0.1) is 24.4 Å². The molecule has 3 aromatic carbocycles. The van der Waals surface area contributed by atoms with Gasteiger partial charge in [0.2, 0.25) is 11.7 Å². The summed E-state index contributed by atoms with van der Waals surface area (Å²) < 4.78 is 13.9. The van der Waals surface area contributed by atoms with Gasteiger partial charge in [-0.3, -0.25) is 4.79 Å². The number of carbonyl (C=O) groups excluding carboxylic acids is 1. The number of aromatic amines is 1. The van der Waals surface area contributed by atoms with E-state index in [-0.39, 0.29) is 13.0 Å². The van der Waals surface area contributed by atoms with E-state index in [2.05, 4.69) is 37.3 Å². The molecule has 0 aliphatic carbocycles. The molecule has 0 aliphatic heterocycles. The lowest BCUT2D eigenvalue weighted by Crippen LogP contribution is -2.13. The largest absolute Gasteiger partial charge is 0.497 e. The standard InChI is InChI=1S/C24H22N6O3/c1-32-17-11-19-24(20(12-17)33-14-22-26-28-29-27-22)23-16(10-21(25)31)8-5-9-18(23)30(19)13-15-6-3-2-4-7-15/h2-9,11-12H,10,13-14H2,1H3,(H2,25,31)(H,26,27,28,29). The van der Waals surface area contributed by atoms with Crippen molar-refractivity contribution >= 4 is 27.7 Å². The lowest BCUT2D eigenvalue weighted by atomic mass is 10.0. The number of primary amides is 1. The molecular formula is C24H22N6O3. The van der Waals surface area contributed by atoms with Crippen LogP contribution in [0.4, 0.5) is 0 Å². The molecule has 0 atom stereocenters. The molecule has 166 valence electrons. The van der Waals surface area contributed by atoms with E-state index in [0.29, 0.717) is 23.9 Å². The van der Waals surface area contributed by atoms with E-state index in [1.54, 1.807) is 7.11 Å². The molecule has 0 fully saturated rings. The highest BCUT2D eigenvalue weighted by molar-refractivity contribution is 6.14. The second-order valence-corrected chi connectivity index (χ2v) is 7.66. The zero-order valence-electron chi connectivity index (χ0n) is 18.0. The molecular weight excluding hydrogens is 420 g/mol. The maximum Gasteiger partial charge on any atom is 0.221 e. The summed E-state index contributed by atoms with van der Waals surface area (Å²) in [6.07, 6.45) is 0.123. The summed E-state index contributed by atoms with van der Waals surface area (Å²) in [5.41, 5.74) is 9.46. The lowest BCUT2D eigenvalue weighted by Gasteiger charge is -2.11. The number of nitrogens with one attached hydrogen (secondary N) is 1. The monoisotopic (exact) mass is 442 g/mol. The van der Waals surface area contributed by atoms with Gasteiger partial charge in [-0.1, -0.05) is 47.7 Å². The van der Waals surface area contributed by atoms with Crippen LogP contribution in [-0.4, -0.2) is 38.2 Å². The van der Waals surface area contributed by atoms with Crippen molar-refractivity contribution in [1.82, 2.24) is 25.2 Å². The maximum absolute atomic E-state index is 11.9. The van der Waals surface area contributed by atoms with Gasteiger partial charge in [0.15, 0.2) is 6.61 Å². The third-order valence-corrected chi connectivity index (χ3v) is 5.55. The van der Waals surface area contributed by atoms with Gasteiger partial charge in [-0.05, 0) is 17.2 Å². The van der Waals surface area contributed by atoms with Crippen LogP contribution in [0.15, 0.2) is 60.7 Å². The van der Waals surface area contributed by atoms with Crippen molar-refractivity contribution in [3.8, 4) is 11.5 Å². The molecule has 5 rings (SSSR count). The summed E-state index contributed by atoms with van der Waals surface area (Å²) in [5, 5.41) is 15.7. The number of benzene rings is 3. The quantitative estimate of drug-likeness (QED) is 0.381. The van der Waals surface area contributed by atoms with Crippen LogP contribution in [-0.2, 0) is 24.4 Å². The van der Waals surface area contributed by atoms with E-state index >= 15 is 0 Å². The fourth-order valence-corrected chi connectivity index (χ4v) is 4.16. The molecule has 0 bridgehead atoms. The van der Waals surface area contributed by atoms with Gasteiger partial charge in [-0.2, -0.15) is 5.21 Å². The normalized spacial score (nSPS) is 11.2. The van der Waals surface area contributed by atoms with E-state index in [1.807, 2.05) is 48.5 Å². The lowest BCUT2D eigenvalue weighted by molar-refractivity contribution is -0.117. The molecule has 3 N–H and O–H groups in total. The minimum atomic E-state index is -0.394. The molecule has 9 nitrogen and oxygen atoms in total. The molecule has 2 heterocycles. The molecule has 2 aromatic heterocycles. The average Bonchev–Trinajstić information content (AvgIpc) is 3.45. The van der Waals surface area contributed by atoms with Crippen LogP contribution in [0.2, 0.25) is 0 Å². The number of carbonyl (C=O) groups is 1. The van der Waals surface area contributed by atoms with Gasteiger partial charge in [0, 0.05) is 29.6 Å². The van der Waals surface area contributed by atoms with Gasteiger partial charge < -0.3 is 19.8 Å². The van der Waals surface area contributed by atoms with Crippen LogP contribution >= 0.6 is 0 Å². The number of rotatable bonds is 8. The topological polar surface area (TPSA) is 121 Å². The first-order valence-electron chi connectivity index (χ1n) is 10.4. The number of hydrogen-bond donors (Lipinski definition) is 2. The number of nitrogens with zero attached hydrogens (tertiary/aromatic N) is 4. The molecule has 0 saturated heterocycles. The fraction of sp³-hybridized carbons (Fsp3) is 0.167. The average molecular weight is 442 g/mol. The summed E-state index contributed by atoms with van der Waals surface area (Å²) >= 11 is 0. The Bertz CT molecular complexity index is 1430. The number of amides is 1. The first-order valence-corrected chi connectivity index (χ1v) is 10.4. The van der Waals surface area contributed by atoms with E-state index in [4.69, 9.17) is 15.2 Å². The molecule has 0 unspecified atom stereocenters. The SMILES string of the molecule is COc1cc(OCc2nn[nH]n2)c2c3c(CC(N)=O)cccc3n(Cc3ccccc3)c2c1. The van der Waals surface area contributed by atoms with Crippen LogP contribution in [0.3, 0.4) is 0 Å². The Morgan fingerprint density at radius 3 is 2.64 bits per heavy atom. The van der Waals surface area contributed by atoms with Crippen LogP contribution in [0.1, 0.15) is 17.0 Å². The van der Waals surface area contributed by atoms with Crippen molar-refractivity contribution in [3.05, 3.63) is 77.6 Å². The van der Waals surface area contributed by atoms with Crippen molar-refractivity contribution in [2.75, 3.05) is 7.11 Å². The molecule has 33 heavy (non-hydrogen) atoms. The van der Waals surface area contributed by atoms with Crippen LogP contribution < -0.4 is 15.2 Å². The van der Waals surface area contributed by atoms with Crippen molar-refractivity contribution in [2.45, 2.75) is 19.6 Å². The van der Waals surface area contributed by atoms with E-state index in [9.17, 15) is 4.79 Å². The zero-order valence-corrected chi connectivity index (χ0v) is 18.0. The third kappa shape index (κ3) is 3.96. The first kappa shape index (κ1) is 20.5. The smallest absolute Gasteiger partial charge is 0.221 e. The number of H-pyrrole nitrogens is 1. The molecule has 0 aliphatic rings. The third-order valence-electron chi connectivity index (χ3n) is 5.55. The van der Waals surface area contributed by atoms with Crippen LogP contribution in [0.5, 0.6) is 11.5 Å². The highest BCUT2D eigenvalue weighted by Crippen LogP contribution is 2.41. The highest BCUT2D eigenvalue weighted by Gasteiger charge is 2.20. The van der Waals surface area contributed by atoms with Gasteiger partial charge in [-0.15, -0.1) is 10.2 Å². The Labute approximate surface area is 189 Å². The Morgan fingerprint density at radius 2 is 1.91 bits per heavy atom. The van der Waals surface area contributed by atoms with Crippen LogP contribution in [0, 0.1) is 0 Å². The summed E-state index contributed by atoms with van der Waals surface area (Å²) in [6, 6.07) is 19.9. The molecule has 9 heteroatoms. The summed E-state index contributed by atoms with van der Waals surface area (Å²) in [6.45, 7) is 0.764. The predicted molar refractivity (Wildman–Crippen MR) is 123 cm³/mol. The number of fused-ring (bicyclic) bond motifs is 3. The Kier molecular flexibility index (Phi) is 5.35. The van der Waals surface area contributed by atoms with Crippen molar-refractivity contribution in [3.63, 3.8) is 0 Å². The molecule has 0 spiro atoms. The Balaban J connectivity index is 1.77. The number of methoxy groups -OCH3 is 1. The maximum atomic E-state index is 11.9. The van der Waals surface area contributed by atoms with Gasteiger partial charge in [-0.25, -0.2) is 0 Å². The molecule has 0 radical (unpaired) electrons. The number of aromatic nitrogens is 5. The minimum Gasteiger partial charge on any atom is -0.497 e. The van der Waals surface area contributed by atoms with Crippen LogP contribution in [0.25, 0.3) is 21.8 Å². The second-order valence-electron chi connectivity index (χ2n) is 7.66.